The Morgan fingerprint density at radius 1 is 1.33 bits per heavy atom. The highest BCUT2D eigenvalue weighted by atomic mass is 32.1. The number of nitrogens with zero attached hydrogens (tertiary/aromatic N) is 1. The summed E-state index contributed by atoms with van der Waals surface area (Å²) in [5.74, 6) is 0. The van der Waals surface area contributed by atoms with E-state index in [9.17, 15) is 0 Å². The molecule has 0 aromatic carbocycles. The Morgan fingerprint density at radius 3 is 2.53 bits per heavy atom. The van der Waals surface area contributed by atoms with E-state index in [4.69, 9.17) is 0 Å². The molecule has 86 valence electrons. The van der Waals surface area contributed by atoms with Crippen LogP contribution < -0.4 is 5.32 Å². The molecule has 0 radical (unpaired) electrons. The molecule has 15 heavy (non-hydrogen) atoms. The van der Waals surface area contributed by atoms with Gasteiger partial charge in [0.05, 0.1) is 10.7 Å². The Labute approximate surface area is 97.1 Å². The number of hydrogen-bond donors (Lipinski definition) is 1. The molecule has 1 N–H and O–H groups in total. The molecule has 0 aliphatic rings. The van der Waals surface area contributed by atoms with Crippen molar-refractivity contribution in [2.75, 3.05) is 0 Å². The van der Waals surface area contributed by atoms with Crippen LogP contribution in [0.2, 0.25) is 0 Å². The highest BCUT2D eigenvalue weighted by Crippen LogP contribution is 2.17. The van der Waals surface area contributed by atoms with E-state index >= 15 is 0 Å². The summed E-state index contributed by atoms with van der Waals surface area (Å²) in [5, 5.41) is 4.79. The zero-order valence-corrected chi connectivity index (χ0v) is 11.1. The minimum absolute atomic E-state index is 0.664. The van der Waals surface area contributed by atoms with Crippen LogP contribution in [0.5, 0.6) is 0 Å². The molecule has 1 aromatic heterocycles. The molecule has 3 heteroatoms. The Balaban J connectivity index is 2.44. The quantitative estimate of drug-likeness (QED) is 0.804. The molecule has 0 amide bonds. The van der Waals surface area contributed by atoms with Gasteiger partial charge in [0, 0.05) is 17.5 Å². The van der Waals surface area contributed by atoms with Gasteiger partial charge in [0.2, 0.25) is 0 Å². The smallest absolute Gasteiger partial charge is 0.0900 e. The summed E-state index contributed by atoms with van der Waals surface area (Å²) in [4.78, 5) is 5.83. The predicted molar refractivity (Wildman–Crippen MR) is 67.4 cm³/mol. The fraction of sp³-hybridized carbons (Fsp3) is 0.750. The van der Waals surface area contributed by atoms with Gasteiger partial charge in [-0.15, -0.1) is 11.3 Å². The van der Waals surface area contributed by atoms with E-state index in [1.54, 1.807) is 0 Å². The standard InChI is InChI=1S/C12H22N2S/c1-5-7-11(6-2)13-8-12-9(3)14-10(4)15-12/h11,13H,5-8H2,1-4H3. The fourth-order valence-corrected chi connectivity index (χ4v) is 2.66. The molecule has 1 heterocycles. The van der Waals surface area contributed by atoms with E-state index in [2.05, 4.69) is 38.0 Å². The molecule has 1 unspecified atom stereocenters. The lowest BCUT2D eigenvalue weighted by molar-refractivity contribution is 0.464. The summed E-state index contributed by atoms with van der Waals surface area (Å²) in [6.45, 7) is 9.65. The summed E-state index contributed by atoms with van der Waals surface area (Å²) in [7, 11) is 0. The van der Waals surface area contributed by atoms with Crippen LogP contribution in [0.4, 0.5) is 0 Å². The van der Waals surface area contributed by atoms with Crippen LogP contribution >= 0.6 is 11.3 Å². The van der Waals surface area contributed by atoms with Crippen LogP contribution in [0, 0.1) is 13.8 Å². The second-order valence-electron chi connectivity index (χ2n) is 4.02. The molecule has 0 bridgehead atoms. The molecule has 0 saturated carbocycles. The van der Waals surface area contributed by atoms with Gasteiger partial charge in [-0.05, 0) is 26.7 Å². The number of aromatic nitrogens is 1. The molecule has 0 saturated heterocycles. The highest BCUT2D eigenvalue weighted by Gasteiger charge is 2.08. The second kappa shape index (κ2) is 6.23. The van der Waals surface area contributed by atoms with Crippen molar-refractivity contribution in [1.82, 2.24) is 10.3 Å². The topological polar surface area (TPSA) is 24.9 Å². The average molecular weight is 226 g/mol. The van der Waals surface area contributed by atoms with Crippen molar-refractivity contribution in [2.24, 2.45) is 0 Å². The number of hydrogen-bond acceptors (Lipinski definition) is 3. The van der Waals surface area contributed by atoms with E-state index in [0.29, 0.717) is 6.04 Å². The lowest BCUT2D eigenvalue weighted by atomic mass is 10.1. The zero-order chi connectivity index (χ0) is 11.3. The van der Waals surface area contributed by atoms with E-state index in [1.165, 1.54) is 34.8 Å². The zero-order valence-electron chi connectivity index (χ0n) is 10.3. The van der Waals surface area contributed by atoms with Crippen molar-refractivity contribution in [3.8, 4) is 0 Å². The summed E-state index contributed by atoms with van der Waals surface area (Å²) in [5.41, 5.74) is 1.19. The summed E-state index contributed by atoms with van der Waals surface area (Å²) < 4.78 is 0. The van der Waals surface area contributed by atoms with Gasteiger partial charge in [-0.3, -0.25) is 0 Å². The molecule has 2 nitrogen and oxygen atoms in total. The molecular weight excluding hydrogens is 204 g/mol. The van der Waals surface area contributed by atoms with Crippen LogP contribution in [-0.2, 0) is 6.54 Å². The van der Waals surface area contributed by atoms with E-state index < -0.39 is 0 Å². The molecule has 1 atom stereocenters. The molecular formula is C12H22N2S. The molecule has 0 fully saturated rings. The minimum atomic E-state index is 0.664. The van der Waals surface area contributed by atoms with Crippen molar-refractivity contribution >= 4 is 11.3 Å². The first-order chi connectivity index (χ1) is 7.17. The van der Waals surface area contributed by atoms with Crippen molar-refractivity contribution < 1.29 is 0 Å². The maximum atomic E-state index is 4.44. The monoisotopic (exact) mass is 226 g/mol. The van der Waals surface area contributed by atoms with Gasteiger partial charge in [-0.25, -0.2) is 4.98 Å². The first kappa shape index (κ1) is 12.7. The molecule has 1 aromatic rings. The lowest BCUT2D eigenvalue weighted by Crippen LogP contribution is -2.27. The van der Waals surface area contributed by atoms with Gasteiger partial charge in [-0.2, -0.15) is 0 Å². The largest absolute Gasteiger partial charge is 0.309 e. The lowest BCUT2D eigenvalue weighted by Gasteiger charge is -2.15. The van der Waals surface area contributed by atoms with Gasteiger partial charge in [0.15, 0.2) is 0 Å². The van der Waals surface area contributed by atoms with Crippen molar-refractivity contribution in [3.05, 3.63) is 15.6 Å². The number of aryl methyl sites for hydroxylation is 2. The fourth-order valence-electron chi connectivity index (χ4n) is 1.77. The van der Waals surface area contributed by atoms with Crippen LogP contribution in [0.3, 0.4) is 0 Å². The van der Waals surface area contributed by atoms with Crippen LogP contribution in [0.1, 0.15) is 48.7 Å². The van der Waals surface area contributed by atoms with E-state index in [0.717, 1.165) is 6.54 Å². The second-order valence-corrected chi connectivity index (χ2v) is 5.30. The summed E-state index contributed by atoms with van der Waals surface area (Å²) in [6, 6.07) is 0.664. The first-order valence-electron chi connectivity index (χ1n) is 5.83. The Hall–Kier alpha value is -0.410. The molecule has 0 spiro atoms. The van der Waals surface area contributed by atoms with Crippen LogP contribution in [0.25, 0.3) is 0 Å². The van der Waals surface area contributed by atoms with Crippen LogP contribution in [0.15, 0.2) is 0 Å². The van der Waals surface area contributed by atoms with E-state index in [-0.39, 0.29) is 0 Å². The van der Waals surface area contributed by atoms with Gasteiger partial charge in [-0.1, -0.05) is 20.3 Å². The summed E-state index contributed by atoms with van der Waals surface area (Å²) in [6.07, 6.45) is 3.74. The third kappa shape index (κ3) is 3.92. The van der Waals surface area contributed by atoms with Crippen LogP contribution in [-0.4, -0.2) is 11.0 Å². The van der Waals surface area contributed by atoms with Crippen molar-refractivity contribution in [1.29, 1.82) is 0 Å². The van der Waals surface area contributed by atoms with Gasteiger partial charge in [0.25, 0.3) is 0 Å². The summed E-state index contributed by atoms with van der Waals surface area (Å²) >= 11 is 1.81. The SMILES string of the molecule is CCCC(CC)NCc1sc(C)nc1C. The normalized spacial score (nSPS) is 13.1. The third-order valence-corrected chi connectivity index (χ3v) is 3.75. The predicted octanol–water partition coefficient (Wildman–Crippen LogP) is 3.43. The maximum absolute atomic E-state index is 4.44. The Morgan fingerprint density at radius 2 is 2.07 bits per heavy atom. The van der Waals surface area contributed by atoms with E-state index in [1.807, 2.05) is 11.3 Å². The molecule has 1 rings (SSSR count). The first-order valence-corrected chi connectivity index (χ1v) is 6.65. The Kier molecular flexibility index (Phi) is 5.26. The average Bonchev–Trinajstić information content (AvgIpc) is 2.52. The minimum Gasteiger partial charge on any atom is -0.309 e. The number of rotatable bonds is 6. The van der Waals surface area contributed by atoms with Crippen molar-refractivity contribution in [2.45, 2.75) is 59.5 Å². The maximum Gasteiger partial charge on any atom is 0.0900 e. The number of thiazole rings is 1. The number of nitrogens with one attached hydrogen (secondary N) is 1. The molecule has 0 aliphatic heterocycles. The van der Waals surface area contributed by atoms with Gasteiger partial charge >= 0.3 is 0 Å². The van der Waals surface area contributed by atoms with Gasteiger partial charge in [0.1, 0.15) is 0 Å². The molecule has 0 aliphatic carbocycles. The third-order valence-electron chi connectivity index (χ3n) is 2.68. The highest BCUT2D eigenvalue weighted by molar-refractivity contribution is 7.11. The Bertz CT molecular complexity index is 294. The van der Waals surface area contributed by atoms with Crippen molar-refractivity contribution in [3.63, 3.8) is 0 Å². The van der Waals surface area contributed by atoms with Gasteiger partial charge < -0.3 is 5.32 Å².